The van der Waals surface area contributed by atoms with Crippen LogP contribution in [0, 0.1) is 6.92 Å². The molecule has 0 saturated heterocycles. The van der Waals surface area contributed by atoms with Crippen LogP contribution in [-0.4, -0.2) is 9.97 Å². The van der Waals surface area contributed by atoms with Crippen molar-refractivity contribution >= 4 is 63.8 Å². The van der Waals surface area contributed by atoms with Crippen molar-refractivity contribution in [2.24, 2.45) is 0 Å². The SMILES string of the molecule is Cc1c(-c2ccccc2)nc(-c2ccccc2)nc1-c1cc(-c2ccc3sc4ccccc4c3c2)cc2c3ccccc3c3ccccc3c12. The molecule has 0 aliphatic heterocycles. The zero-order chi connectivity index (χ0) is 33.2. The maximum Gasteiger partial charge on any atom is 0.160 e. The van der Waals surface area contributed by atoms with Crippen molar-refractivity contribution in [1.29, 1.82) is 0 Å². The Morgan fingerprint density at radius 2 is 0.920 bits per heavy atom. The Hall–Kier alpha value is -6.16. The van der Waals surface area contributed by atoms with E-state index in [9.17, 15) is 0 Å². The van der Waals surface area contributed by atoms with E-state index in [2.05, 4.69) is 165 Å². The van der Waals surface area contributed by atoms with Gasteiger partial charge in [-0.2, -0.15) is 0 Å². The number of benzene rings is 8. The zero-order valence-electron chi connectivity index (χ0n) is 27.4. The highest BCUT2D eigenvalue weighted by Gasteiger charge is 2.21. The van der Waals surface area contributed by atoms with Gasteiger partial charge in [0.05, 0.1) is 11.4 Å². The second kappa shape index (κ2) is 11.5. The highest BCUT2D eigenvalue weighted by Crippen LogP contribution is 2.45. The largest absolute Gasteiger partial charge is 0.228 e. The lowest BCUT2D eigenvalue weighted by Gasteiger charge is -2.19. The summed E-state index contributed by atoms with van der Waals surface area (Å²) in [7, 11) is 0. The van der Waals surface area contributed by atoms with Crippen LogP contribution in [0.15, 0.2) is 164 Å². The summed E-state index contributed by atoms with van der Waals surface area (Å²) in [5.41, 5.74) is 8.52. The van der Waals surface area contributed by atoms with Gasteiger partial charge in [0.2, 0.25) is 0 Å². The molecule has 0 spiro atoms. The predicted octanol–water partition coefficient (Wildman–Crippen LogP) is 13.3. The maximum atomic E-state index is 5.44. The van der Waals surface area contributed by atoms with Crippen LogP contribution in [0.5, 0.6) is 0 Å². The molecule has 0 aliphatic rings. The Bertz CT molecular complexity index is 2920. The maximum absolute atomic E-state index is 5.44. The smallest absolute Gasteiger partial charge is 0.160 e. The van der Waals surface area contributed by atoms with Crippen molar-refractivity contribution in [2.45, 2.75) is 6.92 Å². The molecule has 0 amide bonds. The molecule has 0 bridgehead atoms. The first-order valence-electron chi connectivity index (χ1n) is 17.0. The van der Waals surface area contributed by atoms with Crippen molar-refractivity contribution in [2.75, 3.05) is 0 Å². The normalized spacial score (nSPS) is 11.7. The molecule has 0 aliphatic carbocycles. The van der Waals surface area contributed by atoms with Gasteiger partial charge in [0.1, 0.15) is 0 Å². The molecule has 0 radical (unpaired) electrons. The minimum absolute atomic E-state index is 0.722. The van der Waals surface area contributed by atoms with E-state index in [1.165, 1.54) is 63.6 Å². The molecule has 0 saturated carbocycles. The molecule has 10 aromatic rings. The lowest BCUT2D eigenvalue weighted by Crippen LogP contribution is -2.01. The topological polar surface area (TPSA) is 25.8 Å². The number of rotatable bonds is 4. The summed E-state index contributed by atoms with van der Waals surface area (Å²) < 4.78 is 2.62. The van der Waals surface area contributed by atoms with E-state index in [1.807, 2.05) is 17.4 Å². The van der Waals surface area contributed by atoms with Crippen LogP contribution in [0.25, 0.3) is 97.5 Å². The van der Waals surface area contributed by atoms with E-state index in [1.54, 1.807) is 0 Å². The van der Waals surface area contributed by atoms with Crippen LogP contribution in [0.2, 0.25) is 0 Å². The minimum atomic E-state index is 0.722. The third-order valence-electron chi connectivity index (χ3n) is 10.0. The zero-order valence-corrected chi connectivity index (χ0v) is 28.2. The fourth-order valence-corrected chi connectivity index (χ4v) is 8.75. The summed E-state index contributed by atoms with van der Waals surface area (Å²) in [4.78, 5) is 10.7. The van der Waals surface area contributed by atoms with Crippen molar-refractivity contribution < 1.29 is 0 Å². The summed E-state index contributed by atoms with van der Waals surface area (Å²) in [6, 6.07) is 58.9. The van der Waals surface area contributed by atoms with Gasteiger partial charge in [-0.25, -0.2) is 9.97 Å². The predicted molar refractivity (Wildman–Crippen MR) is 214 cm³/mol. The molecule has 2 aromatic heterocycles. The fourth-order valence-electron chi connectivity index (χ4n) is 7.66. The highest BCUT2D eigenvalue weighted by molar-refractivity contribution is 7.25. The Balaban J connectivity index is 1.36. The van der Waals surface area contributed by atoms with Gasteiger partial charge in [-0.05, 0) is 80.7 Å². The van der Waals surface area contributed by atoms with Crippen LogP contribution in [0.1, 0.15) is 5.56 Å². The van der Waals surface area contributed by atoms with E-state index in [0.717, 1.165) is 39.5 Å². The molecule has 234 valence electrons. The van der Waals surface area contributed by atoms with Gasteiger partial charge in [0.15, 0.2) is 5.82 Å². The first-order chi connectivity index (χ1) is 24.7. The molecule has 0 unspecified atom stereocenters. The van der Waals surface area contributed by atoms with E-state index < -0.39 is 0 Å². The average molecular weight is 655 g/mol. The standard InChI is InChI=1S/C47H30N2S/c1-29-45(30-14-4-2-5-15-30)48-47(31-16-6-3-7-17-31)49-46(29)41-28-33(32-24-25-43-39(26-32)37-21-12-13-23-42(37)50-43)27-40-36-20-9-8-18-34(36)35-19-10-11-22-38(35)44(40)41/h2-28H,1H3. The average Bonchev–Trinajstić information content (AvgIpc) is 3.56. The Kier molecular flexibility index (Phi) is 6.61. The molecular formula is C47H30N2S. The Morgan fingerprint density at radius 1 is 0.380 bits per heavy atom. The first kappa shape index (κ1) is 28.8. The van der Waals surface area contributed by atoms with E-state index in [0.29, 0.717) is 0 Å². The van der Waals surface area contributed by atoms with Gasteiger partial charge >= 0.3 is 0 Å². The van der Waals surface area contributed by atoms with Crippen molar-refractivity contribution in [1.82, 2.24) is 9.97 Å². The van der Waals surface area contributed by atoms with Crippen LogP contribution in [-0.2, 0) is 0 Å². The molecule has 2 heterocycles. The molecule has 3 heteroatoms. The number of hydrogen-bond acceptors (Lipinski definition) is 3. The fraction of sp³-hybridized carbons (Fsp3) is 0.0213. The molecule has 50 heavy (non-hydrogen) atoms. The Labute approximate surface area is 294 Å². The summed E-state index contributed by atoms with van der Waals surface area (Å²) in [5.74, 6) is 0.722. The molecule has 0 atom stereocenters. The third kappa shape index (κ3) is 4.55. The van der Waals surface area contributed by atoms with Crippen LogP contribution in [0.4, 0.5) is 0 Å². The van der Waals surface area contributed by atoms with Gasteiger partial charge in [-0.15, -0.1) is 11.3 Å². The van der Waals surface area contributed by atoms with Gasteiger partial charge in [0, 0.05) is 42.4 Å². The first-order valence-corrected chi connectivity index (χ1v) is 17.8. The van der Waals surface area contributed by atoms with Gasteiger partial charge in [0.25, 0.3) is 0 Å². The molecule has 8 aromatic carbocycles. The second-order valence-electron chi connectivity index (χ2n) is 12.9. The number of aromatic nitrogens is 2. The van der Waals surface area contributed by atoms with Crippen molar-refractivity contribution in [3.8, 4) is 45.0 Å². The van der Waals surface area contributed by atoms with Crippen LogP contribution in [0.3, 0.4) is 0 Å². The molecule has 10 rings (SSSR count). The van der Waals surface area contributed by atoms with E-state index in [4.69, 9.17) is 9.97 Å². The number of nitrogens with zero attached hydrogens (tertiary/aromatic N) is 2. The Morgan fingerprint density at radius 3 is 1.66 bits per heavy atom. The van der Waals surface area contributed by atoms with Gasteiger partial charge in [-0.3, -0.25) is 0 Å². The lowest BCUT2D eigenvalue weighted by molar-refractivity contribution is 1.15. The van der Waals surface area contributed by atoms with E-state index >= 15 is 0 Å². The van der Waals surface area contributed by atoms with Crippen molar-refractivity contribution in [3.05, 3.63) is 169 Å². The monoisotopic (exact) mass is 654 g/mol. The second-order valence-corrected chi connectivity index (χ2v) is 14.0. The summed E-state index contributed by atoms with van der Waals surface area (Å²) in [6.07, 6.45) is 0. The highest BCUT2D eigenvalue weighted by atomic mass is 32.1. The minimum Gasteiger partial charge on any atom is -0.228 e. The lowest BCUT2D eigenvalue weighted by atomic mass is 9.87. The molecule has 0 fully saturated rings. The molecular weight excluding hydrogens is 625 g/mol. The van der Waals surface area contributed by atoms with Crippen LogP contribution < -0.4 is 0 Å². The molecule has 2 nitrogen and oxygen atoms in total. The summed E-state index contributed by atoms with van der Waals surface area (Å²) in [6.45, 7) is 2.18. The quantitative estimate of drug-likeness (QED) is 0.177. The summed E-state index contributed by atoms with van der Waals surface area (Å²) >= 11 is 1.86. The van der Waals surface area contributed by atoms with E-state index in [-0.39, 0.29) is 0 Å². The van der Waals surface area contributed by atoms with Gasteiger partial charge < -0.3 is 0 Å². The number of fused-ring (bicyclic) bond motifs is 9. The number of hydrogen-bond donors (Lipinski definition) is 0. The number of thiophene rings is 1. The van der Waals surface area contributed by atoms with Gasteiger partial charge in [-0.1, -0.05) is 133 Å². The van der Waals surface area contributed by atoms with Crippen molar-refractivity contribution in [3.63, 3.8) is 0 Å². The molecule has 0 N–H and O–H groups in total. The van der Waals surface area contributed by atoms with Crippen LogP contribution >= 0.6 is 11.3 Å². The third-order valence-corrected chi connectivity index (χ3v) is 11.2. The summed E-state index contributed by atoms with van der Waals surface area (Å²) in [5, 5.41) is 10.0.